The summed E-state index contributed by atoms with van der Waals surface area (Å²) in [6.45, 7) is 0. The summed E-state index contributed by atoms with van der Waals surface area (Å²) in [5, 5.41) is 34.9. The fraction of sp³-hybridized carbons (Fsp3) is 0. The number of pyridine rings is 1. The lowest BCUT2D eigenvalue weighted by atomic mass is 10.1. The van der Waals surface area contributed by atoms with Crippen molar-refractivity contribution in [3.05, 3.63) is 67.0 Å². The summed E-state index contributed by atoms with van der Waals surface area (Å²) in [6, 6.07) is 4.34. The molecule has 12 heteroatoms. The summed E-state index contributed by atoms with van der Waals surface area (Å²) >= 11 is 5.74. The molecule has 0 saturated carbocycles. The van der Waals surface area contributed by atoms with E-state index in [2.05, 4.69) is 15.5 Å². The van der Waals surface area contributed by atoms with Crippen molar-refractivity contribution >= 4 is 35.1 Å². The lowest BCUT2D eigenvalue weighted by Crippen LogP contribution is -2.18. The van der Waals surface area contributed by atoms with Crippen LogP contribution in [0.4, 0.5) is 11.4 Å². The molecule has 0 radical (unpaired) electrons. The smallest absolute Gasteiger partial charge is 0.318 e. The average molecular weight is 366 g/mol. The Bertz CT molecular complexity index is 900. The second kappa shape index (κ2) is 7.31. The van der Waals surface area contributed by atoms with Gasteiger partial charge < -0.3 is 5.11 Å². The number of hydrazone groups is 1. The van der Waals surface area contributed by atoms with E-state index < -0.39 is 32.9 Å². The number of carbonyl (C=O) groups excluding carboxylic acids is 1. The highest BCUT2D eigenvalue weighted by Gasteiger charge is 2.23. The number of non-ortho nitro benzene ring substituents is 1. The van der Waals surface area contributed by atoms with Crippen LogP contribution >= 0.6 is 11.6 Å². The molecular formula is C13H8ClN5O6. The number of aromatic hydroxyl groups is 1. The minimum atomic E-state index is -0.979. The molecule has 1 aromatic carbocycles. The number of amides is 1. The van der Waals surface area contributed by atoms with E-state index >= 15 is 0 Å². The second-order valence-corrected chi connectivity index (χ2v) is 4.82. The molecule has 1 amide bonds. The number of nitro groups is 2. The van der Waals surface area contributed by atoms with Gasteiger partial charge in [0.15, 0.2) is 0 Å². The van der Waals surface area contributed by atoms with Gasteiger partial charge in [-0.2, -0.15) is 5.10 Å². The Morgan fingerprint density at radius 1 is 1.32 bits per heavy atom. The van der Waals surface area contributed by atoms with Crippen LogP contribution in [0.5, 0.6) is 5.75 Å². The zero-order valence-electron chi connectivity index (χ0n) is 12.1. The summed E-state index contributed by atoms with van der Waals surface area (Å²) in [5.41, 5.74) is 0.289. The van der Waals surface area contributed by atoms with Crippen molar-refractivity contribution in [2.45, 2.75) is 0 Å². The van der Waals surface area contributed by atoms with Gasteiger partial charge in [-0.15, -0.1) is 0 Å². The van der Waals surface area contributed by atoms with Gasteiger partial charge >= 0.3 is 5.69 Å². The minimum absolute atomic E-state index is 0.0237. The van der Waals surface area contributed by atoms with Crippen molar-refractivity contribution in [1.82, 2.24) is 10.4 Å². The van der Waals surface area contributed by atoms with Gasteiger partial charge in [-0.25, -0.2) is 10.4 Å². The summed E-state index contributed by atoms with van der Waals surface area (Å²) < 4.78 is 0. The first-order valence-corrected chi connectivity index (χ1v) is 6.78. The number of carbonyl (C=O) groups is 1. The Kier molecular flexibility index (Phi) is 5.19. The van der Waals surface area contributed by atoms with Gasteiger partial charge in [0.1, 0.15) is 5.15 Å². The van der Waals surface area contributed by atoms with Gasteiger partial charge in [0.25, 0.3) is 11.6 Å². The van der Waals surface area contributed by atoms with Crippen molar-refractivity contribution in [1.29, 1.82) is 0 Å². The Morgan fingerprint density at radius 3 is 2.64 bits per heavy atom. The number of nitrogens with zero attached hydrogens (tertiary/aromatic N) is 4. The van der Waals surface area contributed by atoms with E-state index in [0.717, 1.165) is 12.3 Å². The summed E-state index contributed by atoms with van der Waals surface area (Å²) in [7, 11) is 0. The van der Waals surface area contributed by atoms with E-state index in [1.54, 1.807) is 0 Å². The first-order valence-electron chi connectivity index (χ1n) is 6.41. The van der Waals surface area contributed by atoms with Crippen molar-refractivity contribution in [3.8, 4) is 5.75 Å². The Hall–Kier alpha value is -3.60. The number of nitrogens with one attached hydrogen (secondary N) is 1. The van der Waals surface area contributed by atoms with E-state index in [0.29, 0.717) is 6.07 Å². The van der Waals surface area contributed by atoms with Crippen LogP contribution in [-0.2, 0) is 0 Å². The molecule has 0 aliphatic carbocycles. The molecule has 11 nitrogen and oxygen atoms in total. The van der Waals surface area contributed by atoms with E-state index in [9.17, 15) is 30.1 Å². The number of phenols is 1. The van der Waals surface area contributed by atoms with E-state index in [1.165, 1.54) is 18.3 Å². The summed E-state index contributed by atoms with van der Waals surface area (Å²) in [6.07, 6.45) is 2.21. The lowest BCUT2D eigenvalue weighted by molar-refractivity contribution is -0.394. The Balaban J connectivity index is 2.29. The number of nitro benzene ring substituents is 2. The van der Waals surface area contributed by atoms with Crippen molar-refractivity contribution < 1.29 is 19.7 Å². The molecule has 0 unspecified atom stereocenters. The molecule has 0 saturated heterocycles. The van der Waals surface area contributed by atoms with Crippen LogP contribution in [0, 0.1) is 20.2 Å². The molecule has 128 valence electrons. The van der Waals surface area contributed by atoms with Crippen molar-refractivity contribution in [2.24, 2.45) is 5.10 Å². The molecule has 0 spiro atoms. The highest BCUT2D eigenvalue weighted by Crippen LogP contribution is 2.33. The van der Waals surface area contributed by atoms with Crippen LogP contribution in [0.2, 0.25) is 5.15 Å². The largest absolute Gasteiger partial charge is 0.502 e. The number of phenolic OH excluding ortho intramolecular Hbond substituents is 1. The monoisotopic (exact) mass is 365 g/mol. The molecule has 1 aromatic heterocycles. The zero-order chi connectivity index (χ0) is 18.6. The molecule has 25 heavy (non-hydrogen) atoms. The van der Waals surface area contributed by atoms with Crippen LogP contribution < -0.4 is 5.43 Å². The fourth-order valence-corrected chi connectivity index (χ4v) is 1.95. The number of aromatic nitrogens is 1. The third-order valence-corrected chi connectivity index (χ3v) is 3.19. The number of rotatable bonds is 5. The molecule has 0 bridgehead atoms. The number of hydrogen-bond acceptors (Lipinski definition) is 8. The molecule has 1 heterocycles. The van der Waals surface area contributed by atoms with Crippen LogP contribution in [-0.4, -0.2) is 32.1 Å². The maximum Gasteiger partial charge on any atom is 0.318 e. The predicted molar refractivity (Wildman–Crippen MR) is 85.7 cm³/mol. The quantitative estimate of drug-likeness (QED) is 0.354. The number of benzene rings is 1. The van der Waals surface area contributed by atoms with Gasteiger partial charge in [0, 0.05) is 12.3 Å². The molecule has 0 fully saturated rings. The lowest BCUT2D eigenvalue weighted by Gasteiger charge is -2.02. The maximum absolute atomic E-state index is 11.9. The first kappa shape index (κ1) is 17.7. The predicted octanol–water partition coefficient (Wildman–Crippen LogP) is 2.02. The molecule has 0 atom stereocenters. The van der Waals surface area contributed by atoms with Crippen molar-refractivity contribution in [2.75, 3.05) is 0 Å². The SMILES string of the molecule is O=C(N/N=C/c1cc([N+](=O)[O-])cc([N+](=O)[O-])c1O)c1cccnc1Cl. The molecule has 2 N–H and O–H groups in total. The minimum Gasteiger partial charge on any atom is -0.502 e. The topological polar surface area (TPSA) is 161 Å². The number of hydrogen-bond donors (Lipinski definition) is 2. The van der Waals surface area contributed by atoms with E-state index in [4.69, 9.17) is 11.6 Å². The van der Waals surface area contributed by atoms with Crippen LogP contribution in [0.25, 0.3) is 0 Å². The standard InChI is InChI=1S/C13H8ClN5O6/c14-12-9(2-1-3-15-12)13(21)17-16-6-7-4-8(18(22)23)5-10(11(7)20)19(24)25/h1-6,20H,(H,17,21)/b16-6+. The number of halogens is 1. The van der Waals surface area contributed by atoms with Gasteiger partial charge in [0.05, 0.1) is 33.3 Å². The summed E-state index contributed by atoms with van der Waals surface area (Å²) in [5.74, 6) is -1.55. The zero-order valence-corrected chi connectivity index (χ0v) is 12.9. The third-order valence-electron chi connectivity index (χ3n) is 2.89. The summed E-state index contributed by atoms with van der Waals surface area (Å²) in [4.78, 5) is 35.4. The molecule has 0 aliphatic heterocycles. The molecule has 2 rings (SSSR count). The van der Waals surface area contributed by atoms with E-state index in [-0.39, 0.29) is 16.3 Å². The van der Waals surface area contributed by atoms with Crippen LogP contribution in [0.15, 0.2) is 35.6 Å². The normalized spacial score (nSPS) is 10.6. The molecule has 0 aliphatic rings. The van der Waals surface area contributed by atoms with Gasteiger partial charge in [-0.05, 0) is 12.1 Å². The third kappa shape index (κ3) is 4.03. The van der Waals surface area contributed by atoms with Gasteiger partial charge in [-0.1, -0.05) is 11.6 Å². The highest BCUT2D eigenvalue weighted by molar-refractivity contribution is 6.32. The van der Waals surface area contributed by atoms with E-state index in [1.807, 2.05) is 0 Å². The first-order chi connectivity index (χ1) is 11.8. The van der Waals surface area contributed by atoms with Gasteiger partial charge in [0.2, 0.25) is 5.75 Å². The Morgan fingerprint density at radius 2 is 2.04 bits per heavy atom. The highest BCUT2D eigenvalue weighted by atomic mass is 35.5. The maximum atomic E-state index is 11.9. The molecular weight excluding hydrogens is 358 g/mol. The molecule has 2 aromatic rings. The van der Waals surface area contributed by atoms with Crippen LogP contribution in [0.3, 0.4) is 0 Å². The fourth-order valence-electron chi connectivity index (χ4n) is 1.74. The second-order valence-electron chi connectivity index (χ2n) is 4.46. The average Bonchev–Trinajstić information content (AvgIpc) is 2.56. The van der Waals surface area contributed by atoms with Crippen molar-refractivity contribution in [3.63, 3.8) is 0 Å². The van der Waals surface area contributed by atoms with Gasteiger partial charge in [-0.3, -0.25) is 25.0 Å². The van der Waals surface area contributed by atoms with Crippen LogP contribution in [0.1, 0.15) is 15.9 Å². The Labute approximate surface area is 143 Å².